The van der Waals surface area contributed by atoms with Gasteiger partial charge in [-0.3, -0.25) is 0 Å². The number of nitrogens with one attached hydrogen (secondary N) is 1. The first-order valence-corrected chi connectivity index (χ1v) is 8.29. The molecule has 1 aromatic carbocycles. The normalized spacial score (nSPS) is 17.6. The van der Waals surface area contributed by atoms with Crippen molar-refractivity contribution in [3.8, 4) is 11.4 Å². The van der Waals surface area contributed by atoms with E-state index in [1.165, 1.54) is 17.7 Å². The summed E-state index contributed by atoms with van der Waals surface area (Å²) < 4.78 is 0.872. The molecule has 0 amide bonds. The quantitative estimate of drug-likeness (QED) is 0.895. The Morgan fingerprint density at radius 2 is 2.29 bits per heavy atom. The van der Waals surface area contributed by atoms with E-state index in [2.05, 4.69) is 26.2 Å². The first-order chi connectivity index (χ1) is 10.2. The Labute approximate surface area is 138 Å². The van der Waals surface area contributed by atoms with Crippen molar-refractivity contribution in [1.82, 2.24) is 15.3 Å². The SMILES string of the molecule is CNCC1CCc2nc(-c3ccc(Cl)c(Br)c3)ncc2C1. The molecule has 1 N–H and O–H groups in total. The number of hydrogen-bond donors (Lipinski definition) is 1. The van der Waals surface area contributed by atoms with Crippen molar-refractivity contribution >= 4 is 27.5 Å². The van der Waals surface area contributed by atoms with Crippen molar-refractivity contribution < 1.29 is 0 Å². The molecule has 5 heteroatoms. The predicted octanol–water partition coefficient (Wildman–Crippen LogP) is 3.88. The summed E-state index contributed by atoms with van der Waals surface area (Å²) in [5.74, 6) is 1.47. The fourth-order valence-corrected chi connectivity index (χ4v) is 3.32. The van der Waals surface area contributed by atoms with Gasteiger partial charge in [-0.2, -0.15) is 0 Å². The maximum Gasteiger partial charge on any atom is 0.159 e. The van der Waals surface area contributed by atoms with Crippen LogP contribution in [0.4, 0.5) is 0 Å². The first-order valence-electron chi connectivity index (χ1n) is 7.12. The van der Waals surface area contributed by atoms with Crippen molar-refractivity contribution in [2.75, 3.05) is 13.6 Å². The molecule has 21 heavy (non-hydrogen) atoms. The highest BCUT2D eigenvalue weighted by Gasteiger charge is 2.20. The third kappa shape index (κ3) is 3.28. The molecule has 0 fully saturated rings. The molecular formula is C16H17BrClN3. The number of benzene rings is 1. The zero-order chi connectivity index (χ0) is 14.8. The zero-order valence-corrected chi connectivity index (χ0v) is 14.2. The van der Waals surface area contributed by atoms with Crippen LogP contribution in [0.3, 0.4) is 0 Å². The second-order valence-electron chi connectivity index (χ2n) is 5.46. The van der Waals surface area contributed by atoms with Gasteiger partial charge in [0.25, 0.3) is 0 Å². The fourth-order valence-electron chi connectivity index (χ4n) is 2.82. The van der Waals surface area contributed by atoms with Crippen LogP contribution >= 0.6 is 27.5 Å². The second kappa shape index (κ2) is 6.42. The molecule has 0 aliphatic heterocycles. The second-order valence-corrected chi connectivity index (χ2v) is 6.72. The summed E-state index contributed by atoms with van der Waals surface area (Å²) in [6, 6.07) is 5.80. The Kier molecular flexibility index (Phi) is 4.57. The first kappa shape index (κ1) is 14.9. The Balaban J connectivity index is 1.88. The lowest BCUT2D eigenvalue weighted by Gasteiger charge is -2.23. The van der Waals surface area contributed by atoms with E-state index in [1.807, 2.05) is 31.4 Å². The highest BCUT2D eigenvalue weighted by atomic mass is 79.9. The number of halogens is 2. The van der Waals surface area contributed by atoms with E-state index < -0.39 is 0 Å². The van der Waals surface area contributed by atoms with Crippen LogP contribution in [-0.2, 0) is 12.8 Å². The molecule has 1 unspecified atom stereocenters. The van der Waals surface area contributed by atoms with Crippen LogP contribution < -0.4 is 5.32 Å². The van der Waals surface area contributed by atoms with Crippen molar-refractivity contribution in [2.45, 2.75) is 19.3 Å². The van der Waals surface area contributed by atoms with Crippen LogP contribution in [0.15, 0.2) is 28.9 Å². The number of fused-ring (bicyclic) bond motifs is 1. The van der Waals surface area contributed by atoms with Gasteiger partial charge >= 0.3 is 0 Å². The van der Waals surface area contributed by atoms with Gasteiger partial charge in [0.2, 0.25) is 0 Å². The third-order valence-corrected chi connectivity index (χ3v) is 5.14. The summed E-state index contributed by atoms with van der Waals surface area (Å²) >= 11 is 9.48. The number of nitrogens with zero attached hydrogens (tertiary/aromatic N) is 2. The molecular weight excluding hydrogens is 350 g/mol. The summed E-state index contributed by atoms with van der Waals surface area (Å²) in [6.07, 6.45) is 5.28. The zero-order valence-electron chi connectivity index (χ0n) is 11.9. The Morgan fingerprint density at radius 3 is 3.05 bits per heavy atom. The average Bonchev–Trinajstić information content (AvgIpc) is 2.50. The summed E-state index contributed by atoms with van der Waals surface area (Å²) in [5.41, 5.74) is 3.48. The van der Waals surface area contributed by atoms with Gasteiger partial charge in [-0.1, -0.05) is 11.6 Å². The molecule has 1 aliphatic rings. The van der Waals surface area contributed by atoms with Crippen LogP contribution in [0.5, 0.6) is 0 Å². The van der Waals surface area contributed by atoms with Gasteiger partial charge in [-0.05, 0) is 78.5 Å². The lowest BCUT2D eigenvalue weighted by molar-refractivity contribution is 0.434. The summed E-state index contributed by atoms with van der Waals surface area (Å²) in [4.78, 5) is 9.29. The molecule has 1 heterocycles. The molecule has 1 aromatic heterocycles. The predicted molar refractivity (Wildman–Crippen MR) is 89.6 cm³/mol. The van der Waals surface area contributed by atoms with E-state index in [0.717, 1.165) is 35.2 Å². The lowest BCUT2D eigenvalue weighted by atomic mass is 9.87. The van der Waals surface area contributed by atoms with E-state index in [9.17, 15) is 0 Å². The molecule has 0 saturated heterocycles. The smallest absolute Gasteiger partial charge is 0.159 e. The van der Waals surface area contributed by atoms with Gasteiger partial charge in [-0.15, -0.1) is 0 Å². The van der Waals surface area contributed by atoms with Crippen LogP contribution in [0.2, 0.25) is 5.02 Å². The molecule has 0 radical (unpaired) electrons. The number of aromatic nitrogens is 2. The van der Waals surface area contributed by atoms with Crippen LogP contribution in [-0.4, -0.2) is 23.6 Å². The molecule has 0 saturated carbocycles. The standard InChI is InChI=1S/C16H17BrClN3/c1-19-8-10-2-5-15-12(6-10)9-20-16(21-15)11-3-4-14(18)13(17)7-11/h3-4,7,9-10,19H,2,5-6,8H2,1H3. The molecule has 2 aromatic rings. The number of aryl methyl sites for hydroxylation is 1. The van der Waals surface area contributed by atoms with Gasteiger partial charge < -0.3 is 5.32 Å². The highest BCUT2D eigenvalue weighted by Crippen LogP contribution is 2.29. The minimum Gasteiger partial charge on any atom is -0.319 e. The van der Waals surface area contributed by atoms with Crippen LogP contribution in [0, 0.1) is 5.92 Å². The average molecular weight is 367 g/mol. The Morgan fingerprint density at radius 1 is 1.43 bits per heavy atom. The maximum atomic E-state index is 6.04. The molecule has 1 aliphatic carbocycles. The van der Waals surface area contributed by atoms with Gasteiger partial charge in [0, 0.05) is 21.9 Å². The van der Waals surface area contributed by atoms with E-state index >= 15 is 0 Å². The Hall–Kier alpha value is -0.970. The van der Waals surface area contributed by atoms with E-state index in [-0.39, 0.29) is 0 Å². The Bertz CT molecular complexity index is 660. The largest absolute Gasteiger partial charge is 0.319 e. The molecule has 3 rings (SSSR count). The third-order valence-electron chi connectivity index (χ3n) is 3.92. The van der Waals surface area contributed by atoms with E-state index in [1.54, 1.807) is 0 Å². The van der Waals surface area contributed by atoms with Crippen molar-refractivity contribution in [2.24, 2.45) is 5.92 Å². The van der Waals surface area contributed by atoms with Gasteiger partial charge in [0.1, 0.15) is 0 Å². The van der Waals surface area contributed by atoms with E-state index in [4.69, 9.17) is 16.6 Å². The fraction of sp³-hybridized carbons (Fsp3) is 0.375. The molecule has 0 spiro atoms. The van der Waals surface area contributed by atoms with Crippen LogP contribution in [0.25, 0.3) is 11.4 Å². The molecule has 0 bridgehead atoms. The molecule has 110 valence electrons. The van der Waals surface area contributed by atoms with Gasteiger partial charge in [0.15, 0.2) is 5.82 Å². The topological polar surface area (TPSA) is 37.8 Å². The molecule has 1 atom stereocenters. The summed E-state index contributed by atoms with van der Waals surface area (Å²) in [7, 11) is 2.01. The van der Waals surface area contributed by atoms with E-state index in [0.29, 0.717) is 10.9 Å². The molecule has 3 nitrogen and oxygen atoms in total. The van der Waals surface area contributed by atoms with Crippen molar-refractivity contribution in [3.63, 3.8) is 0 Å². The van der Waals surface area contributed by atoms with Crippen molar-refractivity contribution in [1.29, 1.82) is 0 Å². The number of hydrogen-bond acceptors (Lipinski definition) is 3. The van der Waals surface area contributed by atoms with Crippen LogP contribution in [0.1, 0.15) is 17.7 Å². The minimum absolute atomic E-state index is 0.696. The minimum atomic E-state index is 0.696. The van der Waals surface area contributed by atoms with Crippen molar-refractivity contribution in [3.05, 3.63) is 45.1 Å². The monoisotopic (exact) mass is 365 g/mol. The lowest BCUT2D eigenvalue weighted by Crippen LogP contribution is -2.25. The van der Waals surface area contributed by atoms with Gasteiger partial charge in [0.05, 0.1) is 5.02 Å². The van der Waals surface area contributed by atoms with Gasteiger partial charge in [-0.25, -0.2) is 9.97 Å². The summed E-state index contributed by atoms with van der Waals surface area (Å²) in [5, 5.41) is 3.96. The maximum absolute atomic E-state index is 6.04. The highest BCUT2D eigenvalue weighted by molar-refractivity contribution is 9.10. The summed E-state index contributed by atoms with van der Waals surface area (Å²) in [6.45, 7) is 1.06. The number of rotatable bonds is 3.